The molecule has 2 heterocycles. The Bertz CT molecular complexity index is 746. The van der Waals surface area contributed by atoms with Gasteiger partial charge in [-0.25, -0.2) is 0 Å². The van der Waals surface area contributed by atoms with Gasteiger partial charge in [-0.3, -0.25) is 14.6 Å². The smallest absolute Gasteiger partial charge is 0.272 e. The van der Waals surface area contributed by atoms with E-state index in [0.717, 1.165) is 19.4 Å². The first-order valence-electron chi connectivity index (χ1n) is 8.30. The van der Waals surface area contributed by atoms with Crippen molar-refractivity contribution in [2.45, 2.75) is 24.9 Å². The molecule has 1 aliphatic carbocycles. The third-order valence-electron chi connectivity index (χ3n) is 4.98. The fourth-order valence-corrected chi connectivity index (χ4v) is 3.89. The van der Waals surface area contributed by atoms with Crippen molar-refractivity contribution in [1.29, 1.82) is 0 Å². The molecule has 0 unspecified atom stereocenters. The summed E-state index contributed by atoms with van der Waals surface area (Å²) in [6.07, 6.45) is 3.53. The number of likely N-dealkylation sites (tertiary alicyclic amines) is 1. The van der Waals surface area contributed by atoms with Gasteiger partial charge >= 0.3 is 0 Å². The number of nitrogens with zero attached hydrogens (tertiary/aromatic N) is 2. The minimum absolute atomic E-state index is 0.0177. The third kappa shape index (κ3) is 2.66. The van der Waals surface area contributed by atoms with Crippen LogP contribution in [-0.4, -0.2) is 40.3 Å². The molecule has 1 aromatic carbocycles. The van der Waals surface area contributed by atoms with Gasteiger partial charge in [0.2, 0.25) is 0 Å². The maximum absolute atomic E-state index is 12.7. The van der Waals surface area contributed by atoms with E-state index in [9.17, 15) is 9.59 Å². The van der Waals surface area contributed by atoms with Crippen molar-refractivity contribution in [1.82, 2.24) is 15.2 Å². The summed E-state index contributed by atoms with van der Waals surface area (Å²) < 4.78 is 0. The molecule has 5 nitrogen and oxygen atoms in total. The second-order valence-electron chi connectivity index (χ2n) is 6.52. The van der Waals surface area contributed by atoms with Crippen LogP contribution < -0.4 is 5.32 Å². The molecule has 5 heteroatoms. The van der Waals surface area contributed by atoms with Crippen molar-refractivity contribution in [3.63, 3.8) is 0 Å². The number of nitrogens with one attached hydrogen (secondary N) is 1. The van der Waals surface area contributed by atoms with Gasteiger partial charge in [-0.05, 0) is 43.0 Å². The molecule has 2 aliphatic rings. The number of fused-ring (bicyclic) bond motifs is 2. The molecule has 3 atom stereocenters. The predicted molar refractivity (Wildman–Crippen MR) is 89.5 cm³/mol. The average molecular weight is 321 g/mol. The van der Waals surface area contributed by atoms with Crippen molar-refractivity contribution in [3.05, 3.63) is 66.0 Å². The largest absolute Gasteiger partial charge is 0.347 e. The number of carbonyl (C=O) groups excluding carboxylic acids is 2. The van der Waals surface area contributed by atoms with Gasteiger partial charge in [-0.15, -0.1) is 0 Å². The van der Waals surface area contributed by atoms with E-state index in [1.165, 1.54) is 0 Å². The Kier molecular flexibility index (Phi) is 3.76. The Hall–Kier alpha value is -2.69. The first-order valence-corrected chi connectivity index (χ1v) is 8.30. The van der Waals surface area contributed by atoms with E-state index < -0.39 is 0 Å². The zero-order chi connectivity index (χ0) is 16.5. The average Bonchev–Trinajstić information content (AvgIpc) is 3.23. The summed E-state index contributed by atoms with van der Waals surface area (Å²) in [4.78, 5) is 31.1. The molecule has 4 rings (SSSR count). The van der Waals surface area contributed by atoms with E-state index in [1.54, 1.807) is 30.5 Å². The highest BCUT2D eigenvalue weighted by Crippen LogP contribution is 2.38. The minimum Gasteiger partial charge on any atom is -0.347 e. The number of benzene rings is 1. The molecule has 1 aliphatic heterocycles. The molecular formula is C19H19N3O2. The van der Waals surface area contributed by atoms with Gasteiger partial charge in [-0.2, -0.15) is 0 Å². The Balaban J connectivity index is 1.47. The first-order chi connectivity index (χ1) is 11.7. The van der Waals surface area contributed by atoms with E-state index in [-0.39, 0.29) is 23.9 Å². The number of rotatable bonds is 3. The first kappa shape index (κ1) is 14.9. The Labute approximate surface area is 140 Å². The molecule has 0 radical (unpaired) electrons. The third-order valence-corrected chi connectivity index (χ3v) is 4.98. The van der Waals surface area contributed by atoms with E-state index in [0.29, 0.717) is 17.2 Å². The van der Waals surface area contributed by atoms with Crippen LogP contribution in [0.3, 0.4) is 0 Å². The van der Waals surface area contributed by atoms with E-state index >= 15 is 0 Å². The maximum atomic E-state index is 12.7. The lowest BCUT2D eigenvalue weighted by Gasteiger charge is -2.33. The van der Waals surface area contributed by atoms with Crippen LogP contribution in [0.25, 0.3) is 0 Å². The number of hydrogen-bond acceptors (Lipinski definition) is 3. The van der Waals surface area contributed by atoms with E-state index in [1.807, 2.05) is 29.2 Å². The summed E-state index contributed by atoms with van der Waals surface area (Å²) in [5, 5.41) is 3.11. The van der Waals surface area contributed by atoms with Crippen LogP contribution >= 0.6 is 0 Å². The van der Waals surface area contributed by atoms with Crippen LogP contribution in [0.1, 0.15) is 33.7 Å². The minimum atomic E-state index is -0.0709. The van der Waals surface area contributed by atoms with Crippen LogP contribution in [0.4, 0.5) is 0 Å². The second kappa shape index (κ2) is 6.07. The van der Waals surface area contributed by atoms with E-state index in [2.05, 4.69) is 10.3 Å². The molecule has 0 spiro atoms. The molecule has 1 saturated heterocycles. The molecule has 2 fully saturated rings. The monoisotopic (exact) mass is 321 g/mol. The molecule has 1 aromatic heterocycles. The van der Waals surface area contributed by atoms with Crippen molar-refractivity contribution in [3.8, 4) is 0 Å². The summed E-state index contributed by atoms with van der Waals surface area (Å²) in [6.45, 7) is 0.762. The number of aromatic nitrogens is 1. The van der Waals surface area contributed by atoms with Gasteiger partial charge in [0.15, 0.2) is 0 Å². The number of carbonyl (C=O) groups is 2. The van der Waals surface area contributed by atoms with Gasteiger partial charge < -0.3 is 10.2 Å². The van der Waals surface area contributed by atoms with Crippen LogP contribution in [0.5, 0.6) is 0 Å². The zero-order valence-electron chi connectivity index (χ0n) is 13.3. The summed E-state index contributed by atoms with van der Waals surface area (Å²) in [5.41, 5.74) is 1.13. The number of piperidine rings is 1. The van der Waals surface area contributed by atoms with E-state index in [4.69, 9.17) is 0 Å². The number of amides is 2. The van der Waals surface area contributed by atoms with Gasteiger partial charge in [0.1, 0.15) is 5.69 Å². The summed E-state index contributed by atoms with van der Waals surface area (Å²) in [7, 11) is 0. The Morgan fingerprint density at radius 2 is 1.83 bits per heavy atom. The Morgan fingerprint density at radius 1 is 1.04 bits per heavy atom. The lowest BCUT2D eigenvalue weighted by Crippen LogP contribution is -2.52. The van der Waals surface area contributed by atoms with Crippen molar-refractivity contribution < 1.29 is 9.59 Å². The fraction of sp³-hybridized carbons (Fsp3) is 0.316. The fourth-order valence-electron chi connectivity index (χ4n) is 3.89. The SMILES string of the molecule is O=C(N[C@H]1C[C@@H]2C[C@H]1N(C(=O)c1ccccn1)C2)c1ccccc1. The summed E-state index contributed by atoms with van der Waals surface area (Å²) in [6, 6.07) is 14.7. The quantitative estimate of drug-likeness (QED) is 0.942. The Morgan fingerprint density at radius 3 is 2.54 bits per heavy atom. The molecule has 122 valence electrons. The number of hydrogen-bond donors (Lipinski definition) is 1. The van der Waals surface area contributed by atoms with Crippen LogP contribution in [0, 0.1) is 5.92 Å². The number of pyridine rings is 1. The van der Waals surface area contributed by atoms with Crippen LogP contribution in [0.15, 0.2) is 54.7 Å². The lowest BCUT2D eigenvalue weighted by atomic mass is 10.0. The predicted octanol–water partition coefficient (Wildman–Crippen LogP) is 2.11. The summed E-state index contributed by atoms with van der Waals surface area (Å²) in [5.74, 6) is 0.351. The second-order valence-corrected chi connectivity index (χ2v) is 6.52. The molecule has 24 heavy (non-hydrogen) atoms. The van der Waals surface area contributed by atoms with Crippen molar-refractivity contribution in [2.24, 2.45) is 5.92 Å². The zero-order valence-corrected chi connectivity index (χ0v) is 13.3. The van der Waals surface area contributed by atoms with Crippen LogP contribution in [0.2, 0.25) is 0 Å². The molecular weight excluding hydrogens is 302 g/mol. The van der Waals surface area contributed by atoms with Gasteiger partial charge in [-0.1, -0.05) is 24.3 Å². The molecule has 1 N–H and O–H groups in total. The highest BCUT2D eigenvalue weighted by molar-refractivity contribution is 5.95. The van der Waals surface area contributed by atoms with Crippen molar-refractivity contribution in [2.75, 3.05) is 6.54 Å². The molecule has 1 saturated carbocycles. The van der Waals surface area contributed by atoms with Crippen molar-refractivity contribution >= 4 is 11.8 Å². The van der Waals surface area contributed by atoms with Gasteiger partial charge in [0, 0.05) is 24.3 Å². The lowest BCUT2D eigenvalue weighted by molar-refractivity contribution is 0.0643. The maximum Gasteiger partial charge on any atom is 0.272 e. The van der Waals surface area contributed by atoms with Gasteiger partial charge in [0.05, 0.1) is 6.04 Å². The molecule has 2 amide bonds. The topological polar surface area (TPSA) is 62.3 Å². The molecule has 2 bridgehead atoms. The molecule has 2 aromatic rings. The van der Waals surface area contributed by atoms with Gasteiger partial charge in [0.25, 0.3) is 11.8 Å². The summed E-state index contributed by atoms with van der Waals surface area (Å²) >= 11 is 0. The normalized spacial score (nSPS) is 24.8. The van der Waals surface area contributed by atoms with Crippen LogP contribution in [-0.2, 0) is 0 Å². The highest BCUT2D eigenvalue weighted by Gasteiger charge is 2.47. The standard InChI is InChI=1S/C19H19N3O2/c23-18(14-6-2-1-3-7-14)21-16-10-13-11-17(16)22(12-13)19(24)15-8-4-5-9-20-15/h1-9,13,16-17H,10-12H2,(H,21,23)/t13-,16+,17-/m1/s1. The highest BCUT2D eigenvalue weighted by atomic mass is 16.2.